The van der Waals surface area contributed by atoms with Crippen molar-refractivity contribution in [3.05, 3.63) is 53.6 Å². The van der Waals surface area contributed by atoms with Gasteiger partial charge in [-0.25, -0.2) is 0 Å². The van der Waals surface area contributed by atoms with E-state index in [1.807, 2.05) is 36.4 Å². The molecule has 2 N–H and O–H groups in total. The number of carbonyl (C=O) groups excluding carboxylic acids is 2. The molecule has 2 aromatic rings. The summed E-state index contributed by atoms with van der Waals surface area (Å²) in [6.45, 7) is 1.47. The number of ether oxygens (including phenoxy) is 1. The fraction of sp³-hybridized carbons (Fsp3) is 0.333. The molecule has 0 bridgehead atoms. The van der Waals surface area contributed by atoms with Gasteiger partial charge < -0.3 is 20.3 Å². The summed E-state index contributed by atoms with van der Waals surface area (Å²) in [5.41, 5.74) is 3.28. The molecule has 3 aliphatic heterocycles. The van der Waals surface area contributed by atoms with Gasteiger partial charge >= 0.3 is 0 Å². The summed E-state index contributed by atoms with van der Waals surface area (Å²) in [6, 6.07) is 13.2. The molecule has 1 saturated heterocycles. The van der Waals surface area contributed by atoms with Gasteiger partial charge in [0.2, 0.25) is 5.91 Å². The van der Waals surface area contributed by atoms with Crippen LogP contribution in [0.4, 0.5) is 11.4 Å². The highest BCUT2D eigenvalue weighted by Gasteiger charge is 2.36. The van der Waals surface area contributed by atoms with Crippen LogP contribution in [0.25, 0.3) is 0 Å². The van der Waals surface area contributed by atoms with Crippen molar-refractivity contribution in [2.45, 2.75) is 31.3 Å². The molecule has 3 aliphatic rings. The fourth-order valence-corrected chi connectivity index (χ4v) is 4.31. The predicted octanol–water partition coefficient (Wildman–Crippen LogP) is 2.86. The molecule has 1 fully saturated rings. The molecule has 0 unspecified atom stereocenters. The number of amides is 2. The van der Waals surface area contributed by atoms with Crippen molar-refractivity contribution in [1.82, 2.24) is 5.32 Å². The Morgan fingerprint density at radius 1 is 1.19 bits per heavy atom. The number of fused-ring (bicyclic) bond motifs is 4. The van der Waals surface area contributed by atoms with Crippen LogP contribution in [0.5, 0.6) is 5.75 Å². The third-order valence-electron chi connectivity index (χ3n) is 5.65. The standard InChI is InChI=1S/C21H21N3O3/c25-20(22-15-9-11-27-19-6-2-1-4-14(15)19)13-7-8-17-16(12-13)23-21(26)18-5-3-10-24(17)18/h1-2,4,6-8,12,15,18H,3,5,9-11H2,(H,22,25)(H,23,26)/t15-,18-/m1/s1. The van der Waals surface area contributed by atoms with Gasteiger partial charge in [-0.15, -0.1) is 0 Å². The number of hydrogen-bond donors (Lipinski definition) is 2. The number of nitrogens with one attached hydrogen (secondary N) is 2. The second-order valence-corrected chi connectivity index (χ2v) is 7.27. The van der Waals surface area contributed by atoms with E-state index >= 15 is 0 Å². The third-order valence-corrected chi connectivity index (χ3v) is 5.65. The molecular formula is C21H21N3O3. The van der Waals surface area contributed by atoms with Gasteiger partial charge in [0, 0.05) is 24.1 Å². The Bertz CT molecular complexity index is 927. The number of para-hydroxylation sites is 1. The maximum absolute atomic E-state index is 12.8. The molecule has 3 heterocycles. The lowest BCUT2D eigenvalue weighted by molar-refractivity contribution is -0.117. The minimum atomic E-state index is -0.141. The Balaban J connectivity index is 1.39. The Morgan fingerprint density at radius 2 is 2.07 bits per heavy atom. The lowest BCUT2D eigenvalue weighted by Crippen LogP contribution is -2.44. The first-order valence-corrected chi connectivity index (χ1v) is 9.45. The Kier molecular flexibility index (Phi) is 3.77. The van der Waals surface area contributed by atoms with Gasteiger partial charge in [0.25, 0.3) is 5.91 Å². The van der Waals surface area contributed by atoms with E-state index < -0.39 is 0 Å². The summed E-state index contributed by atoms with van der Waals surface area (Å²) in [4.78, 5) is 27.3. The SMILES string of the molecule is O=C(N[C@@H]1CCOc2ccccc21)c1ccc2c(c1)NC(=O)[C@H]1CCCN21. The van der Waals surface area contributed by atoms with Crippen molar-refractivity contribution in [3.63, 3.8) is 0 Å². The molecule has 6 nitrogen and oxygen atoms in total. The molecule has 2 amide bonds. The van der Waals surface area contributed by atoms with Crippen molar-refractivity contribution in [1.29, 1.82) is 0 Å². The Morgan fingerprint density at radius 3 is 3.00 bits per heavy atom. The molecule has 0 aliphatic carbocycles. The predicted molar refractivity (Wildman–Crippen MR) is 102 cm³/mol. The highest BCUT2D eigenvalue weighted by atomic mass is 16.5. The summed E-state index contributed by atoms with van der Waals surface area (Å²) >= 11 is 0. The van der Waals surface area contributed by atoms with Crippen molar-refractivity contribution in [2.75, 3.05) is 23.4 Å². The fourth-order valence-electron chi connectivity index (χ4n) is 4.31. The van der Waals surface area contributed by atoms with Gasteiger partial charge in [-0.3, -0.25) is 9.59 Å². The van der Waals surface area contributed by atoms with Gasteiger partial charge in [-0.2, -0.15) is 0 Å². The number of nitrogens with zero attached hydrogens (tertiary/aromatic N) is 1. The van der Waals surface area contributed by atoms with Crippen molar-refractivity contribution in [2.24, 2.45) is 0 Å². The number of hydrogen-bond acceptors (Lipinski definition) is 4. The van der Waals surface area contributed by atoms with Crippen molar-refractivity contribution in [3.8, 4) is 5.75 Å². The molecule has 2 aromatic carbocycles. The normalized spacial score (nSPS) is 22.8. The van der Waals surface area contributed by atoms with E-state index in [1.54, 1.807) is 6.07 Å². The molecule has 0 spiro atoms. The number of benzene rings is 2. The van der Waals surface area contributed by atoms with Crippen LogP contribution < -0.4 is 20.3 Å². The topological polar surface area (TPSA) is 70.7 Å². The maximum atomic E-state index is 12.8. The number of anilines is 2. The molecule has 0 radical (unpaired) electrons. The molecule has 0 saturated carbocycles. The molecular weight excluding hydrogens is 342 g/mol. The highest BCUT2D eigenvalue weighted by Crippen LogP contribution is 2.37. The van der Waals surface area contributed by atoms with Crippen LogP contribution in [0, 0.1) is 0 Å². The van der Waals surface area contributed by atoms with Gasteiger partial charge in [0.15, 0.2) is 0 Å². The molecule has 0 aromatic heterocycles. The average Bonchev–Trinajstić information content (AvgIpc) is 3.19. The summed E-state index contributed by atoms with van der Waals surface area (Å²) in [6.07, 6.45) is 2.64. The van der Waals surface area contributed by atoms with Crippen LogP contribution in [-0.2, 0) is 4.79 Å². The van der Waals surface area contributed by atoms with Crippen LogP contribution in [0.2, 0.25) is 0 Å². The summed E-state index contributed by atoms with van der Waals surface area (Å²) in [7, 11) is 0. The van der Waals surface area contributed by atoms with Crippen molar-refractivity contribution >= 4 is 23.2 Å². The molecule has 2 atom stereocenters. The first kappa shape index (κ1) is 16.2. The van der Waals surface area contributed by atoms with E-state index in [2.05, 4.69) is 15.5 Å². The van der Waals surface area contributed by atoms with E-state index in [9.17, 15) is 9.59 Å². The van der Waals surface area contributed by atoms with Gasteiger partial charge in [0.1, 0.15) is 11.8 Å². The van der Waals surface area contributed by atoms with E-state index in [1.165, 1.54) is 0 Å². The van der Waals surface area contributed by atoms with Crippen LogP contribution in [0.15, 0.2) is 42.5 Å². The number of rotatable bonds is 2. The summed E-state index contributed by atoms with van der Waals surface area (Å²) in [5, 5.41) is 6.08. The second kappa shape index (κ2) is 6.30. The molecule has 5 rings (SSSR count). The Hall–Kier alpha value is -3.02. The average molecular weight is 363 g/mol. The summed E-state index contributed by atoms with van der Waals surface area (Å²) < 4.78 is 5.66. The quantitative estimate of drug-likeness (QED) is 0.861. The zero-order valence-corrected chi connectivity index (χ0v) is 14.9. The van der Waals surface area contributed by atoms with E-state index in [0.717, 1.165) is 48.5 Å². The van der Waals surface area contributed by atoms with Crippen LogP contribution in [0.1, 0.15) is 41.2 Å². The van der Waals surface area contributed by atoms with E-state index in [4.69, 9.17) is 4.74 Å². The number of carbonyl (C=O) groups is 2. The van der Waals surface area contributed by atoms with Crippen molar-refractivity contribution < 1.29 is 14.3 Å². The van der Waals surface area contributed by atoms with Gasteiger partial charge in [-0.1, -0.05) is 18.2 Å². The van der Waals surface area contributed by atoms with Crippen LogP contribution in [-0.4, -0.2) is 31.0 Å². The lowest BCUT2D eigenvalue weighted by Gasteiger charge is -2.33. The highest BCUT2D eigenvalue weighted by molar-refractivity contribution is 6.06. The summed E-state index contributed by atoms with van der Waals surface area (Å²) in [5.74, 6) is 0.708. The zero-order chi connectivity index (χ0) is 18.4. The monoisotopic (exact) mass is 363 g/mol. The van der Waals surface area contributed by atoms with Crippen LogP contribution >= 0.6 is 0 Å². The van der Waals surface area contributed by atoms with E-state index in [0.29, 0.717) is 12.2 Å². The lowest BCUT2D eigenvalue weighted by atomic mass is 10.00. The zero-order valence-electron chi connectivity index (χ0n) is 14.9. The maximum Gasteiger partial charge on any atom is 0.251 e. The molecule has 27 heavy (non-hydrogen) atoms. The molecule has 138 valence electrons. The van der Waals surface area contributed by atoms with Gasteiger partial charge in [-0.05, 0) is 37.1 Å². The Labute approximate surface area is 157 Å². The van der Waals surface area contributed by atoms with Crippen LogP contribution in [0.3, 0.4) is 0 Å². The minimum Gasteiger partial charge on any atom is -0.493 e. The first-order chi connectivity index (χ1) is 13.2. The smallest absolute Gasteiger partial charge is 0.251 e. The first-order valence-electron chi connectivity index (χ1n) is 9.45. The second-order valence-electron chi connectivity index (χ2n) is 7.27. The van der Waals surface area contributed by atoms with Gasteiger partial charge in [0.05, 0.1) is 24.0 Å². The largest absolute Gasteiger partial charge is 0.493 e. The minimum absolute atomic E-state index is 0.0240. The molecule has 6 heteroatoms. The van der Waals surface area contributed by atoms with E-state index in [-0.39, 0.29) is 23.9 Å². The third kappa shape index (κ3) is 2.72.